The van der Waals surface area contributed by atoms with Gasteiger partial charge in [-0.3, -0.25) is 24.3 Å². The summed E-state index contributed by atoms with van der Waals surface area (Å²) in [6.45, 7) is 10.4. The molecule has 0 radical (unpaired) electrons. The van der Waals surface area contributed by atoms with Crippen molar-refractivity contribution < 1.29 is 41.8 Å². The number of ether oxygens (including phenoxy) is 3. The van der Waals surface area contributed by atoms with E-state index in [-0.39, 0.29) is 36.6 Å². The molecule has 1 fully saturated rings. The molecule has 0 spiro atoms. The number of hydrogen-bond acceptors (Lipinski definition) is 8. The zero-order chi connectivity index (χ0) is 39.5. The van der Waals surface area contributed by atoms with E-state index in [1.54, 1.807) is 66.7 Å². The van der Waals surface area contributed by atoms with Crippen molar-refractivity contribution in [3.63, 3.8) is 0 Å². The Hall–Kier alpha value is -5.05. The third-order valence-electron chi connectivity index (χ3n) is 9.27. The van der Waals surface area contributed by atoms with Crippen LogP contribution in [0.1, 0.15) is 58.2 Å². The molecule has 3 aromatic rings. The number of likely N-dealkylation sites (N-methyl/N-ethyl adjacent to an activating group) is 1. The summed E-state index contributed by atoms with van der Waals surface area (Å²) in [6, 6.07) is 16.4. The van der Waals surface area contributed by atoms with Gasteiger partial charge in [-0.25, -0.2) is 0 Å². The van der Waals surface area contributed by atoms with Crippen molar-refractivity contribution in [2.45, 2.75) is 39.6 Å². The normalized spacial score (nSPS) is 17.4. The molecule has 14 heteroatoms. The highest BCUT2D eigenvalue weighted by Gasteiger charge is 2.31. The van der Waals surface area contributed by atoms with Crippen LogP contribution >= 0.6 is 0 Å². The van der Waals surface area contributed by atoms with Crippen molar-refractivity contribution in [3.8, 4) is 5.75 Å². The number of halogens is 3. The molecule has 1 saturated heterocycles. The van der Waals surface area contributed by atoms with Gasteiger partial charge in [0.2, 0.25) is 5.91 Å². The van der Waals surface area contributed by atoms with Gasteiger partial charge in [0.05, 0.1) is 48.8 Å². The molecule has 2 atom stereocenters. The molecule has 11 nitrogen and oxygen atoms in total. The van der Waals surface area contributed by atoms with E-state index in [0.29, 0.717) is 66.7 Å². The highest BCUT2D eigenvalue weighted by Crippen LogP contribution is 2.34. The Balaban J connectivity index is 1.34. The quantitative estimate of drug-likeness (QED) is 0.178. The average Bonchev–Trinajstić information content (AvgIpc) is 3.18. The highest BCUT2D eigenvalue weighted by molar-refractivity contribution is 6.07. The lowest BCUT2D eigenvalue weighted by atomic mass is 9.89. The van der Waals surface area contributed by atoms with Gasteiger partial charge in [0.1, 0.15) is 12.4 Å². The van der Waals surface area contributed by atoms with Crippen molar-refractivity contribution in [1.29, 1.82) is 0 Å². The Morgan fingerprint density at radius 3 is 2.49 bits per heavy atom. The molecule has 0 saturated carbocycles. The van der Waals surface area contributed by atoms with Gasteiger partial charge in [-0.2, -0.15) is 13.2 Å². The topological polar surface area (TPSA) is 122 Å². The number of alkyl halides is 3. The van der Waals surface area contributed by atoms with Gasteiger partial charge in [-0.05, 0) is 74.0 Å². The molecule has 2 unspecified atom stereocenters. The first-order valence-corrected chi connectivity index (χ1v) is 18.3. The SMILES string of the molecule is CC(C)OCCOc1ccc(NC(=O)c2cccc(C(=O)N(C)CCN3CCOCC3)c2)c(C2=CC(C(=O)NCc3cccc(C(F)(F)F)c3)C(C)C=N2)c1. The maximum atomic E-state index is 13.7. The fraction of sp³-hybridized carbons (Fsp3) is 0.415. The minimum absolute atomic E-state index is 0.0291. The summed E-state index contributed by atoms with van der Waals surface area (Å²) in [4.78, 5) is 49.0. The smallest absolute Gasteiger partial charge is 0.416 e. The molecule has 2 aliphatic rings. The number of nitrogens with one attached hydrogen (secondary N) is 2. The zero-order valence-electron chi connectivity index (χ0n) is 31.5. The number of anilines is 1. The van der Waals surface area contributed by atoms with E-state index < -0.39 is 29.5 Å². The molecule has 2 N–H and O–H groups in total. The standard InChI is InChI=1S/C41H48F3N5O6/c1-27(2)54-19-20-55-33-11-12-36(47-38(50)30-8-6-9-31(22-30)40(52)48(4)13-14-49-15-17-53-18-16-49)35(23-33)37-24-34(28(3)25-45-37)39(51)46-26-29-7-5-10-32(21-29)41(42,43)44/h5-12,21-25,27-28,34H,13-20,26H2,1-4H3,(H,46,51)(H,47,50). The van der Waals surface area contributed by atoms with E-state index >= 15 is 0 Å². The molecule has 55 heavy (non-hydrogen) atoms. The minimum Gasteiger partial charge on any atom is -0.491 e. The zero-order valence-corrected chi connectivity index (χ0v) is 31.5. The van der Waals surface area contributed by atoms with Gasteiger partial charge in [0.15, 0.2) is 0 Å². The van der Waals surface area contributed by atoms with Crippen molar-refractivity contribution in [3.05, 3.63) is 101 Å². The van der Waals surface area contributed by atoms with Gasteiger partial charge in [-0.1, -0.05) is 25.1 Å². The largest absolute Gasteiger partial charge is 0.491 e. The Labute approximate surface area is 319 Å². The van der Waals surface area contributed by atoms with E-state index in [0.717, 1.165) is 25.2 Å². The Morgan fingerprint density at radius 1 is 1.00 bits per heavy atom. The molecule has 3 aromatic carbocycles. The number of benzene rings is 3. The lowest BCUT2D eigenvalue weighted by Crippen LogP contribution is -2.41. The van der Waals surface area contributed by atoms with Crippen LogP contribution in [-0.2, 0) is 27.0 Å². The predicted octanol–water partition coefficient (Wildman–Crippen LogP) is 6.16. The van der Waals surface area contributed by atoms with Crippen LogP contribution in [0.2, 0.25) is 0 Å². The number of nitrogens with zero attached hydrogens (tertiary/aromatic N) is 3. The number of hydrogen-bond donors (Lipinski definition) is 2. The second-order valence-corrected chi connectivity index (χ2v) is 13.8. The number of morpholine rings is 1. The summed E-state index contributed by atoms with van der Waals surface area (Å²) in [6.07, 6.45) is -1.17. The van der Waals surface area contributed by atoms with Crippen molar-refractivity contribution >= 4 is 35.3 Å². The van der Waals surface area contributed by atoms with E-state index in [9.17, 15) is 27.6 Å². The molecular weight excluding hydrogens is 715 g/mol. The van der Waals surface area contributed by atoms with Crippen molar-refractivity contribution in [2.75, 3.05) is 65.0 Å². The summed E-state index contributed by atoms with van der Waals surface area (Å²) < 4.78 is 56.7. The second kappa shape index (κ2) is 19.0. The third kappa shape index (κ3) is 11.7. The molecular formula is C41H48F3N5O6. The number of rotatable bonds is 15. The monoisotopic (exact) mass is 763 g/mol. The van der Waals surface area contributed by atoms with E-state index in [1.165, 1.54) is 12.1 Å². The first-order chi connectivity index (χ1) is 26.3. The molecule has 3 amide bonds. The summed E-state index contributed by atoms with van der Waals surface area (Å²) in [5.74, 6) is -1.63. The van der Waals surface area contributed by atoms with Gasteiger partial charge in [0, 0.05) is 68.6 Å². The van der Waals surface area contributed by atoms with Crippen molar-refractivity contribution in [1.82, 2.24) is 15.1 Å². The summed E-state index contributed by atoms with van der Waals surface area (Å²) in [5, 5.41) is 5.71. The van der Waals surface area contributed by atoms with E-state index in [4.69, 9.17) is 14.2 Å². The van der Waals surface area contributed by atoms with Gasteiger partial charge >= 0.3 is 6.18 Å². The molecule has 5 rings (SSSR count). The fourth-order valence-electron chi connectivity index (χ4n) is 6.10. The van der Waals surface area contributed by atoms with Crippen molar-refractivity contribution in [2.24, 2.45) is 16.8 Å². The predicted molar refractivity (Wildman–Crippen MR) is 204 cm³/mol. The Kier molecular flexibility index (Phi) is 14.2. The van der Waals surface area contributed by atoms with Crippen LogP contribution in [-0.4, -0.2) is 99.5 Å². The van der Waals surface area contributed by atoms with Crippen LogP contribution in [0.3, 0.4) is 0 Å². The molecule has 0 aliphatic carbocycles. The minimum atomic E-state index is -4.50. The fourth-order valence-corrected chi connectivity index (χ4v) is 6.10. The highest BCUT2D eigenvalue weighted by atomic mass is 19.4. The molecule has 2 heterocycles. The van der Waals surface area contributed by atoms with Crippen LogP contribution in [0.15, 0.2) is 77.8 Å². The number of carbonyl (C=O) groups excluding carboxylic acids is 3. The van der Waals surface area contributed by atoms with Crippen LogP contribution in [0.25, 0.3) is 5.70 Å². The second-order valence-electron chi connectivity index (χ2n) is 13.8. The number of aliphatic imine (C=N–C) groups is 1. The lowest BCUT2D eigenvalue weighted by molar-refractivity contribution is -0.137. The number of carbonyl (C=O) groups is 3. The Morgan fingerprint density at radius 2 is 1.75 bits per heavy atom. The third-order valence-corrected chi connectivity index (χ3v) is 9.27. The first-order valence-electron chi connectivity index (χ1n) is 18.3. The summed E-state index contributed by atoms with van der Waals surface area (Å²) in [7, 11) is 1.73. The van der Waals surface area contributed by atoms with Crippen LogP contribution in [0.4, 0.5) is 18.9 Å². The molecule has 0 bridgehead atoms. The maximum Gasteiger partial charge on any atom is 0.416 e. The maximum absolute atomic E-state index is 13.7. The molecule has 294 valence electrons. The number of amides is 3. The average molecular weight is 764 g/mol. The van der Waals surface area contributed by atoms with E-state index in [2.05, 4.69) is 20.5 Å². The molecule has 2 aliphatic heterocycles. The van der Waals surface area contributed by atoms with E-state index in [1.807, 2.05) is 20.8 Å². The first kappa shape index (κ1) is 41.1. The van der Waals surface area contributed by atoms with Gasteiger partial charge in [-0.15, -0.1) is 0 Å². The van der Waals surface area contributed by atoms with Crippen LogP contribution < -0.4 is 15.4 Å². The van der Waals surface area contributed by atoms with Crippen LogP contribution in [0, 0.1) is 11.8 Å². The lowest BCUT2D eigenvalue weighted by Gasteiger charge is -2.28. The summed E-state index contributed by atoms with van der Waals surface area (Å²) >= 11 is 0. The Bertz CT molecular complexity index is 1870. The van der Waals surface area contributed by atoms with Gasteiger partial charge < -0.3 is 29.7 Å². The van der Waals surface area contributed by atoms with Gasteiger partial charge in [0.25, 0.3) is 11.8 Å². The molecule has 0 aromatic heterocycles. The summed E-state index contributed by atoms with van der Waals surface area (Å²) in [5.41, 5.74) is 1.41. The van der Waals surface area contributed by atoms with Crippen LogP contribution in [0.5, 0.6) is 5.75 Å².